The van der Waals surface area contributed by atoms with E-state index in [0.717, 1.165) is 26.3 Å². The fourth-order valence-electron chi connectivity index (χ4n) is 3.90. The van der Waals surface area contributed by atoms with Crippen LogP contribution in [0.15, 0.2) is 78.0 Å². The van der Waals surface area contributed by atoms with Gasteiger partial charge in [0.1, 0.15) is 6.73 Å². The molecular weight excluding hydrogens is 488 g/mol. The Morgan fingerprint density at radius 2 is 1.80 bits per heavy atom. The second-order valence-corrected chi connectivity index (χ2v) is 11.8. The molecule has 180 valence electrons. The Labute approximate surface area is 203 Å². The summed E-state index contributed by atoms with van der Waals surface area (Å²) in [6.45, 7) is 1.97. The molecular formula is C24H22N4O5S2. The summed E-state index contributed by atoms with van der Waals surface area (Å²) in [5, 5.41) is 0.866. The summed E-state index contributed by atoms with van der Waals surface area (Å²) in [5.74, 6) is -0.119. The van der Waals surface area contributed by atoms with Crippen LogP contribution in [-0.4, -0.2) is 45.9 Å². The van der Waals surface area contributed by atoms with Gasteiger partial charge in [-0.2, -0.15) is 0 Å². The molecule has 2 aromatic heterocycles. The zero-order valence-corrected chi connectivity index (χ0v) is 20.4. The van der Waals surface area contributed by atoms with Gasteiger partial charge in [-0.3, -0.25) is 14.7 Å². The highest BCUT2D eigenvalue weighted by atomic mass is 32.2. The number of ether oxygens (including phenoxy) is 1. The molecule has 9 nitrogen and oxygen atoms in total. The van der Waals surface area contributed by atoms with Crippen molar-refractivity contribution in [2.45, 2.75) is 11.8 Å². The minimum atomic E-state index is -3.93. The highest BCUT2D eigenvalue weighted by Crippen LogP contribution is 2.31. The first-order chi connectivity index (χ1) is 16.7. The maximum absolute atomic E-state index is 13.1. The summed E-state index contributed by atoms with van der Waals surface area (Å²) in [7, 11) is -7.42. The molecule has 35 heavy (non-hydrogen) atoms. The number of fused-ring (bicyclic) bond motifs is 1. The molecule has 4 aromatic rings. The number of nitrogens with zero attached hydrogens (tertiary/aromatic N) is 3. The Morgan fingerprint density at radius 1 is 1.00 bits per heavy atom. The van der Waals surface area contributed by atoms with Gasteiger partial charge in [0, 0.05) is 29.0 Å². The number of sulfonamides is 2. The summed E-state index contributed by atoms with van der Waals surface area (Å²) in [6.07, 6.45) is 3.39. The predicted octanol–water partition coefficient (Wildman–Crippen LogP) is 3.53. The molecule has 1 aliphatic rings. The summed E-state index contributed by atoms with van der Waals surface area (Å²) < 4.78 is 59.6. The van der Waals surface area contributed by atoms with Gasteiger partial charge in [0.15, 0.2) is 0 Å². The number of hydrogen-bond donors (Lipinski definition) is 1. The Balaban J connectivity index is 1.44. The third-order valence-electron chi connectivity index (χ3n) is 5.74. The third kappa shape index (κ3) is 4.57. The minimum Gasteiger partial charge on any atom is -0.359 e. The van der Waals surface area contributed by atoms with Crippen LogP contribution in [0.5, 0.6) is 0 Å². The van der Waals surface area contributed by atoms with E-state index in [9.17, 15) is 16.8 Å². The topological polar surface area (TPSA) is 119 Å². The maximum Gasteiger partial charge on any atom is 0.261 e. The van der Waals surface area contributed by atoms with Crippen molar-refractivity contribution >= 4 is 42.3 Å². The summed E-state index contributed by atoms with van der Waals surface area (Å²) in [4.78, 5) is 8.89. The third-order valence-corrected chi connectivity index (χ3v) is 8.81. The highest BCUT2D eigenvalue weighted by molar-refractivity contribution is 7.93. The molecule has 0 unspecified atom stereocenters. The lowest BCUT2D eigenvalue weighted by molar-refractivity contribution is 0.149. The lowest BCUT2D eigenvalue weighted by atomic mass is 10.0. The second-order valence-electron chi connectivity index (χ2n) is 8.06. The molecule has 1 aliphatic heterocycles. The fraction of sp³-hybridized carbons (Fsp3) is 0.167. The van der Waals surface area contributed by atoms with Gasteiger partial charge >= 0.3 is 0 Å². The van der Waals surface area contributed by atoms with Crippen molar-refractivity contribution in [1.29, 1.82) is 0 Å². The molecule has 0 radical (unpaired) electrons. The molecule has 0 atom stereocenters. The first-order valence-corrected chi connectivity index (χ1v) is 13.9. The molecule has 0 spiro atoms. The minimum absolute atomic E-state index is 0.00573. The first kappa shape index (κ1) is 23.2. The van der Waals surface area contributed by atoms with Gasteiger partial charge in [-0.15, -0.1) is 0 Å². The van der Waals surface area contributed by atoms with E-state index in [0.29, 0.717) is 17.1 Å². The van der Waals surface area contributed by atoms with Crippen molar-refractivity contribution in [3.05, 3.63) is 78.6 Å². The van der Waals surface area contributed by atoms with Crippen molar-refractivity contribution in [3.63, 3.8) is 0 Å². The van der Waals surface area contributed by atoms with Crippen LogP contribution in [0.25, 0.3) is 22.2 Å². The van der Waals surface area contributed by atoms with Crippen molar-refractivity contribution in [1.82, 2.24) is 9.97 Å². The Hall–Kier alpha value is -3.54. The largest absolute Gasteiger partial charge is 0.359 e. The summed E-state index contributed by atoms with van der Waals surface area (Å²) in [5.41, 5.74) is 3.95. The van der Waals surface area contributed by atoms with Gasteiger partial charge in [0.2, 0.25) is 10.0 Å². The summed E-state index contributed by atoms with van der Waals surface area (Å²) >= 11 is 0. The zero-order valence-electron chi connectivity index (χ0n) is 18.7. The average Bonchev–Trinajstić information content (AvgIpc) is 2.85. The number of aromatic nitrogens is 2. The molecule has 1 fully saturated rings. The van der Waals surface area contributed by atoms with E-state index in [1.807, 2.05) is 31.2 Å². The Bertz CT molecular complexity index is 1620. The lowest BCUT2D eigenvalue weighted by Gasteiger charge is -2.28. The number of hydrogen-bond acceptors (Lipinski definition) is 7. The second kappa shape index (κ2) is 8.91. The quantitative estimate of drug-likeness (QED) is 0.436. The van der Waals surface area contributed by atoms with E-state index in [-0.39, 0.29) is 24.0 Å². The van der Waals surface area contributed by atoms with E-state index in [2.05, 4.69) is 14.7 Å². The molecule has 11 heteroatoms. The monoisotopic (exact) mass is 510 g/mol. The Kier molecular flexibility index (Phi) is 5.91. The molecule has 5 rings (SSSR count). The molecule has 0 bridgehead atoms. The molecule has 2 aromatic carbocycles. The van der Waals surface area contributed by atoms with Crippen LogP contribution in [0.4, 0.5) is 11.4 Å². The van der Waals surface area contributed by atoms with Gasteiger partial charge in [-0.05, 0) is 67.1 Å². The van der Waals surface area contributed by atoms with Gasteiger partial charge < -0.3 is 4.74 Å². The number of aryl methyl sites for hydroxylation is 1. The predicted molar refractivity (Wildman–Crippen MR) is 134 cm³/mol. The van der Waals surface area contributed by atoms with Gasteiger partial charge in [-0.1, -0.05) is 6.07 Å². The van der Waals surface area contributed by atoms with Crippen LogP contribution in [0.3, 0.4) is 0 Å². The number of anilines is 2. The fourth-order valence-corrected chi connectivity index (χ4v) is 6.18. The molecule has 3 heterocycles. The van der Waals surface area contributed by atoms with Crippen molar-refractivity contribution < 1.29 is 21.6 Å². The molecule has 0 saturated carbocycles. The number of benzene rings is 2. The lowest BCUT2D eigenvalue weighted by Crippen LogP contribution is -2.41. The van der Waals surface area contributed by atoms with Crippen LogP contribution in [0, 0.1) is 6.92 Å². The van der Waals surface area contributed by atoms with E-state index in [1.165, 1.54) is 24.3 Å². The average molecular weight is 511 g/mol. The van der Waals surface area contributed by atoms with Gasteiger partial charge in [0.25, 0.3) is 10.0 Å². The normalized spacial score (nSPS) is 15.7. The SMILES string of the molecule is Cc1ccc(NS(=O)(=O)c2ccc(N3COCCS3(=O)=O)cc2)cc1-c1nccc2ncccc12. The highest BCUT2D eigenvalue weighted by Gasteiger charge is 2.27. The molecule has 1 saturated heterocycles. The Morgan fingerprint density at radius 3 is 2.57 bits per heavy atom. The smallest absolute Gasteiger partial charge is 0.261 e. The van der Waals surface area contributed by atoms with Crippen LogP contribution in [0.2, 0.25) is 0 Å². The van der Waals surface area contributed by atoms with Crippen molar-refractivity contribution in [2.75, 3.05) is 28.1 Å². The molecule has 0 aliphatic carbocycles. The van der Waals surface area contributed by atoms with E-state index in [1.54, 1.807) is 24.5 Å². The number of nitrogens with one attached hydrogen (secondary N) is 1. The van der Waals surface area contributed by atoms with Crippen molar-refractivity contribution in [2.24, 2.45) is 0 Å². The van der Waals surface area contributed by atoms with Gasteiger partial charge in [-0.25, -0.2) is 21.1 Å². The van der Waals surface area contributed by atoms with Crippen LogP contribution in [0.1, 0.15) is 5.56 Å². The van der Waals surface area contributed by atoms with E-state index in [4.69, 9.17) is 4.74 Å². The number of rotatable bonds is 5. The number of pyridine rings is 2. The maximum atomic E-state index is 13.1. The van der Waals surface area contributed by atoms with Crippen LogP contribution >= 0.6 is 0 Å². The van der Waals surface area contributed by atoms with Crippen molar-refractivity contribution in [3.8, 4) is 11.3 Å². The standard InChI is InChI=1S/C24H22N4O5S2/c1-17-4-5-18(15-22(17)24-21-3-2-11-25-23(21)10-12-26-24)27-35(31,32)20-8-6-19(7-9-20)28-16-33-13-14-34(28,29)30/h2-12,15,27H,13-14,16H2,1H3. The molecule has 1 N–H and O–H groups in total. The van der Waals surface area contributed by atoms with Crippen LogP contribution in [-0.2, 0) is 24.8 Å². The van der Waals surface area contributed by atoms with E-state index >= 15 is 0 Å². The van der Waals surface area contributed by atoms with Gasteiger partial charge in [0.05, 0.1) is 34.2 Å². The first-order valence-electron chi connectivity index (χ1n) is 10.8. The molecule has 0 amide bonds. The van der Waals surface area contributed by atoms with E-state index < -0.39 is 20.0 Å². The zero-order chi connectivity index (χ0) is 24.6. The summed E-state index contributed by atoms with van der Waals surface area (Å²) in [6, 6.07) is 16.5. The van der Waals surface area contributed by atoms with Crippen LogP contribution < -0.4 is 9.03 Å².